The van der Waals surface area contributed by atoms with Crippen LogP contribution in [0, 0.1) is 0 Å². The second kappa shape index (κ2) is 8.23. The van der Waals surface area contributed by atoms with Crippen LogP contribution in [0.5, 0.6) is 5.88 Å². The average molecular weight is 439 g/mol. The van der Waals surface area contributed by atoms with Crippen molar-refractivity contribution < 1.29 is 9.53 Å². The number of hydrazine groups is 1. The number of nitrogens with two attached hydrogens (primary N) is 1. The summed E-state index contributed by atoms with van der Waals surface area (Å²) in [4.78, 5) is 26.6. The molecule has 10 heteroatoms. The van der Waals surface area contributed by atoms with E-state index in [4.69, 9.17) is 10.5 Å². The molecule has 1 aliphatic heterocycles. The smallest absolute Gasteiger partial charge is 0.267 e. The van der Waals surface area contributed by atoms with Crippen LogP contribution < -0.4 is 15.9 Å². The zero-order valence-electron chi connectivity index (χ0n) is 15.8. The summed E-state index contributed by atoms with van der Waals surface area (Å²) in [5.41, 5.74) is 10.3. The predicted octanol–water partition coefficient (Wildman–Crippen LogP) is 3.08. The summed E-state index contributed by atoms with van der Waals surface area (Å²) in [5, 5.41) is 0. The molecule has 2 aliphatic rings. The minimum absolute atomic E-state index is 0.0655. The lowest BCUT2D eigenvalue weighted by atomic mass is 9.90. The Labute approximate surface area is 181 Å². The van der Waals surface area contributed by atoms with E-state index < -0.39 is 5.91 Å². The van der Waals surface area contributed by atoms with Crippen molar-refractivity contribution in [3.63, 3.8) is 0 Å². The fourth-order valence-electron chi connectivity index (χ4n) is 3.21. The Hall–Kier alpha value is -2.66. The lowest BCUT2D eigenvalue weighted by Crippen LogP contribution is -2.49. The Morgan fingerprint density at radius 1 is 1.07 bits per heavy atom. The molecule has 1 aliphatic carbocycles. The third-order valence-electron chi connectivity index (χ3n) is 4.83. The Bertz CT molecular complexity index is 1050. The van der Waals surface area contributed by atoms with E-state index in [1.807, 2.05) is 0 Å². The van der Waals surface area contributed by atoms with Gasteiger partial charge in [0.15, 0.2) is 0 Å². The SMILES string of the molecule is NC(=O)c1ccc(-c2nccnc2O[C@H]2C[C@H](NN3Sc4ccccc4S3)C2)cn1. The quantitative estimate of drug-likeness (QED) is 0.562. The number of benzene rings is 1. The molecule has 1 fully saturated rings. The lowest BCUT2D eigenvalue weighted by molar-refractivity contribution is 0.0711. The molecule has 1 amide bonds. The first-order valence-corrected chi connectivity index (χ1v) is 11.0. The highest BCUT2D eigenvalue weighted by Gasteiger charge is 2.35. The predicted molar refractivity (Wildman–Crippen MR) is 114 cm³/mol. The minimum atomic E-state index is -0.567. The maximum atomic E-state index is 11.2. The molecule has 8 nitrogen and oxygen atoms in total. The van der Waals surface area contributed by atoms with Gasteiger partial charge in [0.1, 0.15) is 17.5 Å². The van der Waals surface area contributed by atoms with Gasteiger partial charge in [-0.15, -0.1) is 3.82 Å². The van der Waals surface area contributed by atoms with Gasteiger partial charge in [-0.05, 0) is 48.2 Å². The normalized spacial score (nSPS) is 20.4. The first kappa shape index (κ1) is 19.3. The summed E-state index contributed by atoms with van der Waals surface area (Å²) in [6.07, 6.45) is 6.59. The molecule has 2 aromatic heterocycles. The molecule has 0 spiro atoms. The van der Waals surface area contributed by atoms with Gasteiger partial charge in [-0.1, -0.05) is 12.1 Å². The second-order valence-corrected chi connectivity index (χ2v) is 9.14. The Kier molecular flexibility index (Phi) is 5.30. The summed E-state index contributed by atoms with van der Waals surface area (Å²) in [6.45, 7) is 0. The van der Waals surface area contributed by atoms with Crippen molar-refractivity contribution in [1.29, 1.82) is 0 Å². The Balaban J connectivity index is 1.19. The molecule has 1 aromatic carbocycles. The monoisotopic (exact) mass is 438 g/mol. The summed E-state index contributed by atoms with van der Waals surface area (Å²) >= 11 is 3.41. The Morgan fingerprint density at radius 3 is 2.47 bits per heavy atom. The zero-order chi connectivity index (χ0) is 20.5. The van der Waals surface area contributed by atoms with E-state index in [9.17, 15) is 4.79 Å². The number of carbonyl (C=O) groups excluding carboxylic acids is 1. The molecule has 1 saturated carbocycles. The van der Waals surface area contributed by atoms with Gasteiger partial charge in [-0.2, -0.15) is 0 Å². The highest BCUT2D eigenvalue weighted by molar-refractivity contribution is 8.14. The topological polar surface area (TPSA) is 106 Å². The number of amides is 1. The fraction of sp³-hybridized carbons (Fsp3) is 0.200. The van der Waals surface area contributed by atoms with Crippen molar-refractivity contribution in [1.82, 2.24) is 24.2 Å². The average Bonchev–Trinajstić information content (AvgIpc) is 3.15. The summed E-state index contributed by atoms with van der Waals surface area (Å²) in [5.74, 6) is -0.102. The molecule has 152 valence electrons. The highest BCUT2D eigenvalue weighted by Crippen LogP contribution is 2.45. The maximum absolute atomic E-state index is 11.2. The standard InChI is InChI=1S/C20H18N6O2S2/c21-19(27)15-6-5-12(11-24-15)18-20(23-8-7-22-18)28-14-9-13(10-14)25-26-29-16-3-1-2-4-17(16)30-26/h1-8,11,13-14,25H,9-10H2,(H2,21,27)/t13-,14-. The first-order chi connectivity index (χ1) is 14.7. The Morgan fingerprint density at radius 2 is 1.80 bits per heavy atom. The third-order valence-corrected chi connectivity index (χ3v) is 7.05. The molecule has 0 radical (unpaired) electrons. The minimum Gasteiger partial charge on any atom is -0.473 e. The van der Waals surface area contributed by atoms with Crippen LogP contribution in [0.1, 0.15) is 23.3 Å². The fourth-order valence-corrected chi connectivity index (χ4v) is 5.42. The molecule has 30 heavy (non-hydrogen) atoms. The first-order valence-electron chi connectivity index (χ1n) is 9.41. The van der Waals surface area contributed by atoms with E-state index >= 15 is 0 Å². The molecule has 0 bridgehead atoms. The molecular formula is C20H18N6O2S2. The molecule has 3 aromatic rings. The number of primary amides is 1. The van der Waals surface area contributed by atoms with E-state index in [0.717, 1.165) is 18.4 Å². The lowest BCUT2D eigenvalue weighted by Gasteiger charge is -2.37. The molecule has 3 N–H and O–H groups in total. The number of carbonyl (C=O) groups is 1. The van der Waals surface area contributed by atoms with Gasteiger partial charge in [0, 0.05) is 52.8 Å². The number of aromatic nitrogens is 3. The van der Waals surface area contributed by atoms with Crippen molar-refractivity contribution in [3.05, 3.63) is 60.7 Å². The number of hydrogen-bond donors (Lipinski definition) is 2. The highest BCUT2D eigenvalue weighted by atomic mass is 32.2. The van der Waals surface area contributed by atoms with Gasteiger partial charge in [0.2, 0.25) is 5.88 Å². The number of rotatable bonds is 6. The molecule has 0 saturated heterocycles. The van der Waals surface area contributed by atoms with Gasteiger partial charge >= 0.3 is 0 Å². The van der Waals surface area contributed by atoms with Gasteiger partial charge in [-0.3, -0.25) is 9.78 Å². The number of pyridine rings is 1. The number of nitrogens with zero attached hydrogens (tertiary/aromatic N) is 4. The van der Waals surface area contributed by atoms with Crippen LogP contribution in [0.25, 0.3) is 11.3 Å². The van der Waals surface area contributed by atoms with Crippen LogP contribution >= 0.6 is 23.9 Å². The van der Waals surface area contributed by atoms with Crippen molar-refractivity contribution in [2.75, 3.05) is 0 Å². The van der Waals surface area contributed by atoms with Crippen molar-refractivity contribution in [2.45, 2.75) is 34.8 Å². The molecule has 0 unspecified atom stereocenters. The summed E-state index contributed by atoms with van der Waals surface area (Å²) in [7, 11) is 0. The van der Waals surface area contributed by atoms with Crippen LogP contribution in [-0.4, -0.2) is 36.8 Å². The second-order valence-electron chi connectivity index (χ2n) is 6.93. The van der Waals surface area contributed by atoms with Gasteiger partial charge in [-0.25, -0.2) is 15.4 Å². The van der Waals surface area contributed by atoms with Gasteiger partial charge < -0.3 is 10.5 Å². The van der Waals surface area contributed by atoms with E-state index in [0.29, 0.717) is 17.6 Å². The number of hydrogen-bond acceptors (Lipinski definition) is 9. The summed E-state index contributed by atoms with van der Waals surface area (Å²) < 4.78 is 8.21. The van der Waals surface area contributed by atoms with Crippen LogP contribution in [0.15, 0.2) is 64.8 Å². The van der Waals surface area contributed by atoms with E-state index in [-0.39, 0.29) is 11.8 Å². The van der Waals surface area contributed by atoms with Crippen LogP contribution in [0.2, 0.25) is 0 Å². The van der Waals surface area contributed by atoms with E-state index in [2.05, 4.69) is 48.5 Å². The van der Waals surface area contributed by atoms with Crippen LogP contribution in [0.4, 0.5) is 0 Å². The maximum Gasteiger partial charge on any atom is 0.267 e. The van der Waals surface area contributed by atoms with E-state index in [1.165, 1.54) is 9.79 Å². The van der Waals surface area contributed by atoms with E-state index in [1.54, 1.807) is 54.6 Å². The number of fused-ring (bicyclic) bond motifs is 1. The van der Waals surface area contributed by atoms with Crippen molar-refractivity contribution in [3.8, 4) is 17.1 Å². The molecule has 3 heterocycles. The number of nitrogens with one attached hydrogen (secondary N) is 1. The molecule has 5 rings (SSSR count). The van der Waals surface area contributed by atoms with Crippen molar-refractivity contribution in [2.24, 2.45) is 5.73 Å². The molecular weight excluding hydrogens is 420 g/mol. The van der Waals surface area contributed by atoms with Crippen LogP contribution in [0.3, 0.4) is 0 Å². The summed E-state index contributed by atoms with van der Waals surface area (Å²) in [6, 6.07) is 12.0. The number of ether oxygens (including phenoxy) is 1. The largest absolute Gasteiger partial charge is 0.473 e. The third kappa shape index (κ3) is 3.99. The van der Waals surface area contributed by atoms with Crippen molar-refractivity contribution >= 4 is 29.8 Å². The van der Waals surface area contributed by atoms with Gasteiger partial charge in [0.05, 0.1) is 0 Å². The zero-order valence-corrected chi connectivity index (χ0v) is 17.4. The van der Waals surface area contributed by atoms with Gasteiger partial charge in [0.25, 0.3) is 5.91 Å². The van der Waals surface area contributed by atoms with Crippen LogP contribution in [-0.2, 0) is 0 Å². The molecule has 0 atom stereocenters.